The van der Waals surface area contributed by atoms with E-state index in [-0.39, 0.29) is 0 Å². The average Bonchev–Trinajstić information content (AvgIpc) is 2.49. The second-order valence-corrected chi connectivity index (χ2v) is 3.43. The molecule has 98 valence electrons. The van der Waals surface area contributed by atoms with Gasteiger partial charge < -0.3 is 9.47 Å². The minimum absolute atomic E-state index is 0.451. The van der Waals surface area contributed by atoms with Gasteiger partial charge in [0.2, 0.25) is 0 Å². The molecule has 0 amide bonds. The van der Waals surface area contributed by atoms with Crippen molar-refractivity contribution in [3.8, 4) is 5.75 Å². The first-order chi connectivity index (χ1) is 9.33. The maximum atomic E-state index is 11.0. The monoisotopic (exact) mass is 256 g/mol. The number of carbonyl (C=O) groups excluding carboxylic acids is 1. The maximum absolute atomic E-state index is 11.0. The Morgan fingerprint density at radius 2 is 1.37 bits per heavy atom. The van der Waals surface area contributed by atoms with Crippen molar-refractivity contribution in [1.29, 1.82) is 0 Å². The molecule has 0 bridgehead atoms. The minimum Gasteiger partial charge on any atom is -0.504 e. The van der Waals surface area contributed by atoms with Crippen LogP contribution < -0.4 is 4.74 Å². The summed E-state index contributed by atoms with van der Waals surface area (Å²) in [6, 6.07) is 20.9. The van der Waals surface area contributed by atoms with Crippen molar-refractivity contribution in [1.82, 2.24) is 0 Å². The number of para-hydroxylation sites is 1. The van der Waals surface area contributed by atoms with Crippen molar-refractivity contribution in [2.75, 3.05) is 7.11 Å². The molecule has 2 aromatic rings. The summed E-state index contributed by atoms with van der Waals surface area (Å²) in [5, 5.41) is 0. The molecule has 0 heterocycles. The third-order valence-corrected chi connectivity index (χ3v) is 1.97. The van der Waals surface area contributed by atoms with Crippen LogP contribution in [0, 0.1) is 0 Å². The van der Waals surface area contributed by atoms with Crippen molar-refractivity contribution >= 4 is 5.97 Å². The third-order valence-electron chi connectivity index (χ3n) is 1.97. The normalized spacial score (nSPS) is 9.32. The van der Waals surface area contributed by atoms with Gasteiger partial charge in [-0.15, -0.1) is 0 Å². The molecule has 0 aliphatic rings. The van der Waals surface area contributed by atoms with E-state index in [0.29, 0.717) is 5.75 Å². The fraction of sp³-hybridized carbons (Fsp3) is 0.0625. The Morgan fingerprint density at radius 3 is 1.84 bits per heavy atom. The fourth-order valence-electron chi connectivity index (χ4n) is 1.15. The summed E-state index contributed by atoms with van der Waals surface area (Å²) >= 11 is 0. The number of hydrogen-bond donors (Lipinski definition) is 0. The number of carbonyl (C=O) groups is 1. The van der Waals surface area contributed by atoms with Crippen molar-refractivity contribution in [3.05, 3.63) is 79.1 Å². The van der Waals surface area contributed by atoms with Gasteiger partial charge in [0, 0.05) is 0 Å². The van der Waals surface area contributed by atoms with Crippen LogP contribution in [0.1, 0.15) is 0 Å². The molecule has 0 radical (unpaired) electrons. The highest BCUT2D eigenvalue weighted by Gasteiger charge is 1.97. The van der Waals surface area contributed by atoms with Gasteiger partial charge in [0.15, 0.2) is 0 Å². The molecule has 0 N–H and O–H groups in total. The first kappa shape index (κ1) is 14.5. The summed E-state index contributed by atoms with van der Waals surface area (Å²) in [6.07, 6.45) is 2.48. The zero-order valence-corrected chi connectivity index (χ0v) is 10.7. The number of hydrogen-bond acceptors (Lipinski definition) is 3. The molecule has 19 heavy (non-hydrogen) atoms. The number of methoxy groups -OCH3 is 1. The van der Waals surface area contributed by atoms with E-state index in [1.807, 2.05) is 42.5 Å². The Morgan fingerprint density at radius 1 is 0.895 bits per heavy atom. The lowest BCUT2D eigenvalue weighted by Gasteiger charge is -1.98. The minimum atomic E-state index is -0.451. The Labute approximate surface area is 113 Å². The molecule has 0 atom stereocenters. The van der Waals surface area contributed by atoms with Crippen LogP contribution in [0.5, 0.6) is 5.75 Å². The fourth-order valence-corrected chi connectivity index (χ4v) is 1.15. The molecule has 0 saturated carbocycles. The van der Waals surface area contributed by atoms with Crippen molar-refractivity contribution in [2.45, 2.75) is 0 Å². The highest BCUT2D eigenvalue weighted by atomic mass is 16.5. The van der Waals surface area contributed by atoms with Crippen LogP contribution in [0.25, 0.3) is 0 Å². The summed E-state index contributed by atoms with van der Waals surface area (Å²) in [5.41, 5.74) is 0. The van der Waals surface area contributed by atoms with Gasteiger partial charge in [-0.1, -0.05) is 54.6 Å². The highest BCUT2D eigenvalue weighted by Crippen LogP contribution is 2.08. The maximum Gasteiger partial charge on any atom is 0.339 e. The topological polar surface area (TPSA) is 35.5 Å². The standard InChI is InChI=1S/C10H10O3.C6H6/c1-12-8-7-10(11)13-9-5-3-2-4-6-9;1-2-4-6-5-3-1/h2-8H,1H3;1-6H. The van der Waals surface area contributed by atoms with Gasteiger partial charge in [-0.3, -0.25) is 0 Å². The van der Waals surface area contributed by atoms with Crippen molar-refractivity contribution in [2.24, 2.45) is 0 Å². The van der Waals surface area contributed by atoms with Gasteiger partial charge in [0.25, 0.3) is 0 Å². The zero-order chi connectivity index (χ0) is 13.8. The summed E-state index contributed by atoms with van der Waals surface area (Å²) in [6.45, 7) is 0. The van der Waals surface area contributed by atoms with E-state index >= 15 is 0 Å². The smallest absolute Gasteiger partial charge is 0.339 e. The molecule has 3 heteroatoms. The first-order valence-corrected chi connectivity index (χ1v) is 5.79. The van der Waals surface area contributed by atoms with E-state index in [0.717, 1.165) is 0 Å². The highest BCUT2D eigenvalue weighted by molar-refractivity contribution is 5.83. The van der Waals surface area contributed by atoms with Crippen LogP contribution in [0.2, 0.25) is 0 Å². The quantitative estimate of drug-likeness (QED) is 0.365. The molecule has 0 spiro atoms. The van der Waals surface area contributed by atoms with Crippen LogP contribution in [0.15, 0.2) is 79.1 Å². The van der Waals surface area contributed by atoms with Gasteiger partial charge in [-0.25, -0.2) is 4.79 Å². The Kier molecular flexibility index (Phi) is 7.24. The predicted octanol–water partition coefficient (Wildman–Crippen LogP) is 3.44. The molecule has 0 aromatic heterocycles. The molecule has 0 fully saturated rings. The van der Waals surface area contributed by atoms with Crippen LogP contribution >= 0.6 is 0 Å². The lowest BCUT2D eigenvalue weighted by atomic mass is 10.3. The SMILES string of the molecule is COC=CC(=O)Oc1ccccc1.c1ccccc1. The molecule has 3 nitrogen and oxygen atoms in total. The molecular weight excluding hydrogens is 240 g/mol. The first-order valence-electron chi connectivity index (χ1n) is 5.79. The summed E-state index contributed by atoms with van der Waals surface area (Å²) < 4.78 is 9.48. The van der Waals surface area contributed by atoms with E-state index in [4.69, 9.17) is 4.74 Å². The lowest BCUT2D eigenvalue weighted by molar-refractivity contribution is -0.129. The summed E-state index contributed by atoms with van der Waals surface area (Å²) in [5.74, 6) is 0.0707. The van der Waals surface area contributed by atoms with Crippen LogP contribution in [0.4, 0.5) is 0 Å². The van der Waals surface area contributed by atoms with Crippen LogP contribution in [0.3, 0.4) is 0 Å². The van der Waals surface area contributed by atoms with Crippen LogP contribution in [-0.2, 0) is 9.53 Å². The van der Waals surface area contributed by atoms with Gasteiger partial charge in [-0.05, 0) is 12.1 Å². The van der Waals surface area contributed by atoms with Gasteiger partial charge in [-0.2, -0.15) is 0 Å². The Bertz CT molecular complexity index is 451. The van der Waals surface area contributed by atoms with Gasteiger partial charge >= 0.3 is 5.97 Å². The molecule has 0 saturated heterocycles. The summed E-state index contributed by atoms with van der Waals surface area (Å²) in [4.78, 5) is 11.0. The second kappa shape index (κ2) is 9.48. The van der Waals surface area contributed by atoms with Crippen molar-refractivity contribution in [3.63, 3.8) is 0 Å². The third kappa shape index (κ3) is 7.39. The molecule has 2 rings (SSSR count). The predicted molar refractivity (Wildman–Crippen MR) is 74.7 cm³/mol. The zero-order valence-electron chi connectivity index (χ0n) is 10.7. The Balaban J connectivity index is 0.000000250. The van der Waals surface area contributed by atoms with E-state index in [9.17, 15) is 4.79 Å². The van der Waals surface area contributed by atoms with E-state index in [1.54, 1.807) is 24.3 Å². The van der Waals surface area contributed by atoms with E-state index in [1.165, 1.54) is 19.4 Å². The van der Waals surface area contributed by atoms with Crippen LogP contribution in [-0.4, -0.2) is 13.1 Å². The number of rotatable bonds is 3. The number of esters is 1. The molecule has 0 aliphatic carbocycles. The molecule has 0 aliphatic heterocycles. The van der Waals surface area contributed by atoms with Crippen molar-refractivity contribution < 1.29 is 14.3 Å². The van der Waals surface area contributed by atoms with E-state index in [2.05, 4.69) is 4.74 Å². The second-order valence-electron chi connectivity index (χ2n) is 3.43. The van der Waals surface area contributed by atoms with Gasteiger partial charge in [0.1, 0.15) is 5.75 Å². The largest absolute Gasteiger partial charge is 0.504 e. The number of benzene rings is 2. The number of ether oxygens (including phenoxy) is 2. The molecule has 2 aromatic carbocycles. The lowest BCUT2D eigenvalue weighted by Crippen LogP contribution is -2.03. The summed E-state index contributed by atoms with van der Waals surface area (Å²) in [7, 11) is 1.46. The molecule has 0 unspecified atom stereocenters. The molecular formula is C16H16O3. The van der Waals surface area contributed by atoms with E-state index < -0.39 is 5.97 Å². The van der Waals surface area contributed by atoms with Gasteiger partial charge in [0.05, 0.1) is 19.4 Å². The average molecular weight is 256 g/mol. The Hall–Kier alpha value is -2.55.